The third-order valence-corrected chi connectivity index (χ3v) is 4.11. The molecule has 0 aliphatic heterocycles. The predicted molar refractivity (Wildman–Crippen MR) is 97.4 cm³/mol. The number of nitrogens with zero attached hydrogens (tertiary/aromatic N) is 1. The van der Waals surface area contributed by atoms with Crippen LogP contribution in [-0.4, -0.2) is 36.4 Å². The van der Waals surface area contributed by atoms with Gasteiger partial charge >= 0.3 is 0 Å². The largest absolute Gasteiger partial charge is 0.484 e. The Kier molecular flexibility index (Phi) is 6.97. The van der Waals surface area contributed by atoms with E-state index in [1.807, 2.05) is 0 Å². The molecule has 0 spiro atoms. The first-order valence-corrected chi connectivity index (χ1v) is 8.43. The third-order valence-electron chi connectivity index (χ3n) is 3.87. The second-order valence-corrected chi connectivity index (χ2v) is 6.09. The van der Waals surface area contributed by atoms with Crippen LogP contribution < -0.4 is 10.1 Å². The summed E-state index contributed by atoms with van der Waals surface area (Å²) in [5, 5.41) is 2.98. The number of carbonyl (C=O) groups excluding carboxylic acids is 2. The Morgan fingerprint density at radius 1 is 1.23 bits per heavy atom. The minimum Gasteiger partial charge on any atom is -0.484 e. The van der Waals surface area contributed by atoms with Crippen LogP contribution in [0.2, 0.25) is 5.02 Å². The van der Waals surface area contributed by atoms with E-state index < -0.39 is 17.8 Å². The van der Waals surface area contributed by atoms with E-state index in [4.69, 9.17) is 16.3 Å². The van der Waals surface area contributed by atoms with Crippen LogP contribution in [0.3, 0.4) is 0 Å². The van der Waals surface area contributed by atoms with Crippen molar-refractivity contribution in [1.82, 2.24) is 10.2 Å². The molecule has 0 bridgehead atoms. The van der Waals surface area contributed by atoms with E-state index in [-0.39, 0.29) is 19.1 Å². The number of ether oxygens (including phenoxy) is 1. The smallest absolute Gasteiger partial charge is 0.261 e. The number of benzene rings is 2. The van der Waals surface area contributed by atoms with Crippen molar-refractivity contribution in [3.05, 3.63) is 64.9 Å². The van der Waals surface area contributed by atoms with Crippen LogP contribution >= 0.6 is 11.6 Å². The van der Waals surface area contributed by atoms with Crippen molar-refractivity contribution in [1.29, 1.82) is 0 Å². The van der Waals surface area contributed by atoms with Gasteiger partial charge in [-0.25, -0.2) is 4.39 Å². The molecule has 1 atom stereocenters. The van der Waals surface area contributed by atoms with Gasteiger partial charge in [-0.15, -0.1) is 0 Å². The normalized spacial score (nSPS) is 11.5. The molecule has 2 aromatic carbocycles. The Morgan fingerprint density at radius 2 is 1.96 bits per heavy atom. The highest BCUT2D eigenvalue weighted by Crippen LogP contribution is 2.18. The van der Waals surface area contributed by atoms with Crippen LogP contribution in [-0.2, 0) is 16.1 Å². The second kappa shape index (κ2) is 9.20. The topological polar surface area (TPSA) is 58.6 Å². The van der Waals surface area contributed by atoms with Gasteiger partial charge in [-0.05, 0) is 31.2 Å². The Balaban J connectivity index is 2.15. The number of halogens is 2. The predicted octanol–water partition coefficient (Wildman–Crippen LogP) is 3.02. The number of nitrogens with one attached hydrogen (secondary N) is 1. The van der Waals surface area contributed by atoms with Crippen LogP contribution in [0.25, 0.3) is 0 Å². The summed E-state index contributed by atoms with van der Waals surface area (Å²) in [6.07, 6.45) is 0. The molecule has 138 valence electrons. The lowest BCUT2D eigenvalue weighted by atomic mass is 10.1. The van der Waals surface area contributed by atoms with E-state index >= 15 is 0 Å². The van der Waals surface area contributed by atoms with E-state index in [9.17, 15) is 14.0 Å². The van der Waals surface area contributed by atoms with Gasteiger partial charge < -0.3 is 15.0 Å². The molecule has 1 unspecified atom stereocenters. The molecule has 1 N–H and O–H groups in total. The molecule has 0 heterocycles. The van der Waals surface area contributed by atoms with Gasteiger partial charge in [0, 0.05) is 24.2 Å². The highest BCUT2D eigenvalue weighted by Gasteiger charge is 2.26. The summed E-state index contributed by atoms with van der Waals surface area (Å²) in [6.45, 7) is 1.24. The lowest BCUT2D eigenvalue weighted by molar-refractivity contribution is -0.142. The van der Waals surface area contributed by atoms with Gasteiger partial charge in [0.05, 0.1) is 0 Å². The van der Waals surface area contributed by atoms with Gasteiger partial charge in [0.25, 0.3) is 5.91 Å². The maximum Gasteiger partial charge on any atom is 0.261 e. The number of hydrogen-bond acceptors (Lipinski definition) is 3. The van der Waals surface area contributed by atoms with Crippen molar-refractivity contribution in [3.8, 4) is 5.75 Å². The average molecular weight is 379 g/mol. The van der Waals surface area contributed by atoms with Gasteiger partial charge in [-0.3, -0.25) is 9.59 Å². The minimum atomic E-state index is -0.782. The standard InChI is InChI=1S/C19H20ClFN2O3/c1-13(19(25)22-2)23(11-14-6-3-4-9-17(14)21)18(24)12-26-16-8-5-7-15(20)10-16/h3-10,13H,11-12H2,1-2H3,(H,22,25). The summed E-state index contributed by atoms with van der Waals surface area (Å²) in [7, 11) is 1.48. The number of carbonyl (C=O) groups is 2. The van der Waals surface area contributed by atoms with Crippen LogP contribution in [0.4, 0.5) is 4.39 Å². The first-order chi connectivity index (χ1) is 12.4. The fourth-order valence-electron chi connectivity index (χ4n) is 2.39. The van der Waals surface area contributed by atoms with Crippen molar-refractivity contribution in [2.24, 2.45) is 0 Å². The van der Waals surface area contributed by atoms with Crippen LogP contribution in [0.15, 0.2) is 48.5 Å². The van der Waals surface area contributed by atoms with Gasteiger partial charge in [-0.1, -0.05) is 35.9 Å². The van der Waals surface area contributed by atoms with Crippen molar-refractivity contribution in [3.63, 3.8) is 0 Å². The fraction of sp³-hybridized carbons (Fsp3) is 0.263. The number of amides is 2. The van der Waals surface area contributed by atoms with E-state index in [0.29, 0.717) is 16.3 Å². The number of rotatable bonds is 7. The lowest BCUT2D eigenvalue weighted by Gasteiger charge is -2.28. The van der Waals surface area contributed by atoms with Gasteiger partial charge in [-0.2, -0.15) is 0 Å². The molecule has 0 radical (unpaired) electrons. The summed E-state index contributed by atoms with van der Waals surface area (Å²) < 4.78 is 19.4. The number of likely N-dealkylation sites (N-methyl/N-ethyl adjacent to an activating group) is 1. The van der Waals surface area contributed by atoms with Crippen molar-refractivity contribution >= 4 is 23.4 Å². The van der Waals surface area contributed by atoms with Crippen LogP contribution in [0.5, 0.6) is 5.75 Å². The third kappa shape index (κ3) is 5.20. The minimum absolute atomic E-state index is 0.0427. The van der Waals surface area contributed by atoms with Gasteiger partial charge in [0.15, 0.2) is 6.61 Å². The molecule has 2 aromatic rings. The summed E-state index contributed by atoms with van der Waals surface area (Å²) in [5.41, 5.74) is 0.319. The molecule has 26 heavy (non-hydrogen) atoms. The van der Waals surface area contributed by atoms with Gasteiger partial charge in [0.2, 0.25) is 5.91 Å². The fourth-order valence-corrected chi connectivity index (χ4v) is 2.57. The quantitative estimate of drug-likeness (QED) is 0.805. The van der Waals surface area contributed by atoms with Crippen molar-refractivity contribution in [2.45, 2.75) is 19.5 Å². The second-order valence-electron chi connectivity index (χ2n) is 5.65. The maximum absolute atomic E-state index is 14.0. The molecule has 2 amide bonds. The summed E-state index contributed by atoms with van der Waals surface area (Å²) in [5.74, 6) is -0.795. The van der Waals surface area contributed by atoms with E-state index in [1.165, 1.54) is 18.0 Å². The zero-order valence-electron chi connectivity index (χ0n) is 14.5. The molecule has 5 nitrogen and oxygen atoms in total. The molecule has 0 aromatic heterocycles. The average Bonchev–Trinajstić information content (AvgIpc) is 2.64. The first kappa shape index (κ1) is 19.7. The monoisotopic (exact) mass is 378 g/mol. The molecule has 7 heteroatoms. The highest BCUT2D eigenvalue weighted by molar-refractivity contribution is 6.30. The van der Waals surface area contributed by atoms with Crippen LogP contribution in [0.1, 0.15) is 12.5 Å². The first-order valence-electron chi connectivity index (χ1n) is 8.05. The Bertz CT molecular complexity index is 785. The van der Waals surface area contributed by atoms with Crippen LogP contribution in [0, 0.1) is 5.82 Å². The SMILES string of the molecule is CNC(=O)C(C)N(Cc1ccccc1F)C(=O)COc1cccc(Cl)c1. The molecule has 0 aliphatic rings. The molecule has 0 fully saturated rings. The lowest BCUT2D eigenvalue weighted by Crippen LogP contribution is -2.48. The molecule has 2 rings (SSSR count). The Hall–Kier alpha value is -2.60. The van der Waals surface area contributed by atoms with Crippen molar-refractivity contribution < 1.29 is 18.7 Å². The summed E-state index contributed by atoms with van der Waals surface area (Å²) in [6, 6.07) is 12.0. The van der Waals surface area contributed by atoms with E-state index in [0.717, 1.165) is 0 Å². The molecule has 0 saturated carbocycles. The zero-order valence-corrected chi connectivity index (χ0v) is 15.3. The molecule has 0 aliphatic carbocycles. The summed E-state index contributed by atoms with van der Waals surface area (Å²) >= 11 is 5.89. The molecular weight excluding hydrogens is 359 g/mol. The Labute approximate surface area is 156 Å². The zero-order chi connectivity index (χ0) is 19.1. The highest BCUT2D eigenvalue weighted by atomic mass is 35.5. The maximum atomic E-state index is 14.0. The summed E-state index contributed by atoms with van der Waals surface area (Å²) in [4.78, 5) is 25.9. The van der Waals surface area contributed by atoms with E-state index in [2.05, 4.69) is 5.32 Å². The Morgan fingerprint density at radius 3 is 2.62 bits per heavy atom. The molecular formula is C19H20ClFN2O3. The number of hydrogen-bond donors (Lipinski definition) is 1. The molecule has 0 saturated heterocycles. The van der Waals surface area contributed by atoms with Gasteiger partial charge in [0.1, 0.15) is 17.6 Å². The van der Waals surface area contributed by atoms with E-state index in [1.54, 1.807) is 49.4 Å². The van der Waals surface area contributed by atoms with Crippen molar-refractivity contribution in [2.75, 3.05) is 13.7 Å².